The molecule has 2 N–H and O–H groups in total. The molecule has 0 aliphatic heterocycles. The lowest BCUT2D eigenvalue weighted by Gasteiger charge is -2.36. The van der Waals surface area contributed by atoms with Crippen LogP contribution in [0.4, 0.5) is 0 Å². The summed E-state index contributed by atoms with van der Waals surface area (Å²) >= 11 is 4.90. The van der Waals surface area contributed by atoms with Crippen LogP contribution in [-0.4, -0.2) is 35.0 Å². The second-order valence-corrected chi connectivity index (χ2v) is 6.07. The van der Waals surface area contributed by atoms with Gasteiger partial charge in [0.15, 0.2) is 0 Å². The molecule has 0 aromatic heterocycles. The zero-order valence-electron chi connectivity index (χ0n) is 12.5. The highest BCUT2D eigenvalue weighted by Crippen LogP contribution is 2.23. The second-order valence-electron chi connectivity index (χ2n) is 5.54. The minimum atomic E-state index is -0.317. The third kappa shape index (κ3) is 4.20. The number of nitrogens with zero attached hydrogens (tertiary/aromatic N) is 1. The van der Waals surface area contributed by atoms with Crippen LogP contribution in [0.25, 0.3) is 0 Å². The average molecular weight is 294 g/mol. The molecule has 0 saturated heterocycles. The van der Waals surface area contributed by atoms with Crippen LogP contribution in [0.5, 0.6) is 5.75 Å². The van der Waals surface area contributed by atoms with Gasteiger partial charge in [-0.05, 0) is 32.9 Å². The first kappa shape index (κ1) is 16.4. The summed E-state index contributed by atoms with van der Waals surface area (Å²) in [5, 5.41) is 0. The molecule has 1 amide bonds. The fourth-order valence-corrected chi connectivity index (χ4v) is 2.02. The van der Waals surface area contributed by atoms with Gasteiger partial charge >= 0.3 is 0 Å². The summed E-state index contributed by atoms with van der Waals surface area (Å²) in [6, 6.07) is 7.21. The van der Waals surface area contributed by atoms with Crippen molar-refractivity contribution in [3.63, 3.8) is 0 Å². The summed E-state index contributed by atoms with van der Waals surface area (Å²) < 4.78 is 5.26. The maximum atomic E-state index is 12.7. The van der Waals surface area contributed by atoms with E-state index in [2.05, 4.69) is 0 Å². The number of benzene rings is 1. The number of methoxy groups -OCH3 is 1. The van der Waals surface area contributed by atoms with Gasteiger partial charge in [-0.25, -0.2) is 0 Å². The predicted octanol–water partition coefficient (Wildman–Crippen LogP) is 2.61. The Morgan fingerprint density at radius 1 is 1.35 bits per heavy atom. The average Bonchev–Trinajstić information content (AvgIpc) is 2.36. The van der Waals surface area contributed by atoms with E-state index in [1.54, 1.807) is 24.1 Å². The summed E-state index contributed by atoms with van der Waals surface area (Å²) in [5.74, 6) is 0.494. The summed E-state index contributed by atoms with van der Waals surface area (Å²) in [5.41, 5.74) is 5.78. The minimum absolute atomic E-state index is 0.0776. The Morgan fingerprint density at radius 3 is 2.45 bits per heavy atom. The molecule has 0 aliphatic rings. The first-order valence-corrected chi connectivity index (χ1v) is 6.91. The van der Waals surface area contributed by atoms with E-state index in [0.29, 0.717) is 29.3 Å². The molecule has 0 spiro atoms. The van der Waals surface area contributed by atoms with Gasteiger partial charge in [-0.15, -0.1) is 0 Å². The monoisotopic (exact) mass is 294 g/mol. The molecule has 1 aromatic rings. The lowest BCUT2D eigenvalue weighted by Crippen LogP contribution is -2.47. The number of hydrogen-bond acceptors (Lipinski definition) is 3. The van der Waals surface area contributed by atoms with Gasteiger partial charge in [0.25, 0.3) is 5.91 Å². The van der Waals surface area contributed by atoms with Gasteiger partial charge in [0, 0.05) is 18.5 Å². The van der Waals surface area contributed by atoms with Crippen LogP contribution in [-0.2, 0) is 0 Å². The Hall–Kier alpha value is -1.62. The number of ether oxygens (including phenoxy) is 1. The molecule has 5 heteroatoms. The van der Waals surface area contributed by atoms with Crippen LogP contribution >= 0.6 is 12.2 Å². The van der Waals surface area contributed by atoms with Crippen molar-refractivity contribution in [2.75, 3.05) is 13.7 Å². The molecule has 0 aliphatic carbocycles. The summed E-state index contributed by atoms with van der Waals surface area (Å²) in [7, 11) is 1.56. The largest absolute Gasteiger partial charge is 0.496 e. The normalized spacial score (nSPS) is 11.0. The van der Waals surface area contributed by atoms with Crippen molar-refractivity contribution in [3.8, 4) is 5.75 Å². The van der Waals surface area contributed by atoms with Crippen LogP contribution in [0.3, 0.4) is 0 Å². The number of carbonyl (C=O) groups excluding carboxylic acids is 1. The third-order valence-electron chi connectivity index (χ3n) is 2.97. The fourth-order valence-electron chi connectivity index (χ4n) is 1.93. The second kappa shape index (κ2) is 6.70. The summed E-state index contributed by atoms with van der Waals surface area (Å²) in [6.07, 6.45) is 0.507. The number of hydrogen-bond donors (Lipinski definition) is 1. The van der Waals surface area contributed by atoms with Crippen LogP contribution in [0.2, 0.25) is 0 Å². The molecule has 0 unspecified atom stereocenters. The molecule has 110 valence electrons. The predicted molar refractivity (Wildman–Crippen MR) is 85.2 cm³/mol. The van der Waals surface area contributed by atoms with Gasteiger partial charge in [0.2, 0.25) is 0 Å². The van der Waals surface area contributed by atoms with Gasteiger partial charge in [-0.1, -0.05) is 24.4 Å². The number of rotatable bonds is 5. The number of thiocarbonyl (C=S) groups is 1. The highest BCUT2D eigenvalue weighted by molar-refractivity contribution is 7.80. The zero-order valence-corrected chi connectivity index (χ0v) is 13.3. The molecule has 0 radical (unpaired) electrons. The van der Waals surface area contributed by atoms with E-state index >= 15 is 0 Å². The van der Waals surface area contributed by atoms with Crippen molar-refractivity contribution < 1.29 is 9.53 Å². The van der Waals surface area contributed by atoms with Gasteiger partial charge < -0.3 is 15.4 Å². The summed E-state index contributed by atoms with van der Waals surface area (Å²) in [6.45, 7) is 6.45. The molecule has 1 rings (SSSR count). The van der Waals surface area contributed by atoms with Crippen molar-refractivity contribution in [3.05, 3.63) is 29.8 Å². The molecule has 1 aromatic carbocycles. The van der Waals surface area contributed by atoms with Gasteiger partial charge in [0.05, 0.1) is 17.7 Å². The Labute approximate surface area is 125 Å². The van der Waals surface area contributed by atoms with Gasteiger partial charge in [0.1, 0.15) is 5.75 Å². The topological polar surface area (TPSA) is 55.6 Å². The Kier molecular flexibility index (Phi) is 5.51. The van der Waals surface area contributed by atoms with Gasteiger partial charge in [-0.3, -0.25) is 4.79 Å². The van der Waals surface area contributed by atoms with E-state index in [0.717, 1.165) is 0 Å². The Bertz CT molecular complexity index is 495. The first-order chi connectivity index (χ1) is 9.27. The van der Waals surface area contributed by atoms with E-state index in [-0.39, 0.29) is 11.4 Å². The van der Waals surface area contributed by atoms with Crippen molar-refractivity contribution in [1.29, 1.82) is 0 Å². The minimum Gasteiger partial charge on any atom is -0.496 e. The summed E-state index contributed by atoms with van der Waals surface area (Å²) in [4.78, 5) is 14.9. The first-order valence-electron chi connectivity index (χ1n) is 6.50. The molecule has 4 nitrogen and oxygen atoms in total. The smallest absolute Gasteiger partial charge is 0.258 e. The quantitative estimate of drug-likeness (QED) is 0.848. The molecule has 0 saturated carbocycles. The van der Waals surface area contributed by atoms with Crippen LogP contribution in [0.1, 0.15) is 37.6 Å². The van der Waals surface area contributed by atoms with Crippen LogP contribution < -0.4 is 10.5 Å². The SMILES string of the molecule is COc1ccccc1C(=O)N(CCC(N)=S)C(C)(C)C. The maximum absolute atomic E-state index is 12.7. The molecule has 0 atom stereocenters. The lowest BCUT2D eigenvalue weighted by atomic mass is 10.0. The van der Waals surface area contributed by atoms with Crippen LogP contribution in [0.15, 0.2) is 24.3 Å². The van der Waals surface area contributed by atoms with E-state index < -0.39 is 0 Å². The lowest BCUT2D eigenvalue weighted by molar-refractivity contribution is 0.0588. The molecule has 0 heterocycles. The van der Waals surface area contributed by atoms with Crippen molar-refractivity contribution >= 4 is 23.1 Å². The number of para-hydroxylation sites is 1. The van der Waals surface area contributed by atoms with Crippen molar-refractivity contribution in [2.45, 2.75) is 32.7 Å². The molecule has 0 bridgehead atoms. The van der Waals surface area contributed by atoms with E-state index in [1.165, 1.54) is 0 Å². The highest BCUT2D eigenvalue weighted by atomic mass is 32.1. The Balaban J connectivity index is 3.07. The number of amides is 1. The van der Waals surface area contributed by atoms with E-state index in [4.69, 9.17) is 22.7 Å². The Morgan fingerprint density at radius 2 is 1.95 bits per heavy atom. The van der Waals surface area contributed by atoms with Crippen LogP contribution in [0, 0.1) is 0 Å². The molecular weight excluding hydrogens is 272 g/mol. The number of nitrogens with two attached hydrogens (primary N) is 1. The van der Waals surface area contributed by atoms with Gasteiger partial charge in [-0.2, -0.15) is 0 Å². The maximum Gasteiger partial charge on any atom is 0.258 e. The zero-order chi connectivity index (χ0) is 15.3. The van der Waals surface area contributed by atoms with Crippen molar-refractivity contribution in [2.24, 2.45) is 5.73 Å². The molecular formula is C15H22N2O2S. The number of carbonyl (C=O) groups is 1. The molecule has 0 fully saturated rings. The third-order valence-corrected chi connectivity index (χ3v) is 3.18. The van der Waals surface area contributed by atoms with Crippen molar-refractivity contribution in [1.82, 2.24) is 4.90 Å². The van der Waals surface area contributed by atoms with E-state index in [1.807, 2.05) is 32.9 Å². The van der Waals surface area contributed by atoms with E-state index in [9.17, 15) is 4.79 Å². The molecule has 20 heavy (non-hydrogen) atoms. The standard InChI is InChI=1S/C15H22N2O2S/c1-15(2,3)17(10-9-13(16)20)14(18)11-7-5-6-8-12(11)19-4/h5-8H,9-10H2,1-4H3,(H2,16,20). The highest BCUT2D eigenvalue weighted by Gasteiger charge is 2.28. The fraction of sp³-hybridized carbons (Fsp3) is 0.467.